The highest BCUT2D eigenvalue weighted by Gasteiger charge is 2.22. The van der Waals surface area contributed by atoms with E-state index in [0.717, 1.165) is 0 Å². The standard InChI is InChI=1S/C10H11FN2O2/c11-8-1-2-9(12)7(5-8)6-13-3-4-15-10(13)14/h1-2,5H,3-4,6,12H2. The molecule has 2 N–H and O–H groups in total. The van der Waals surface area contributed by atoms with Crippen molar-refractivity contribution < 1.29 is 13.9 Å². The molecule has 4 nitrogen and oxygen atoms in total. The predicted molar refractivity (Wildman–Crippen MR) is 52.6 cm³/mol. The van der Waals surface area contributed by atoms with Crippen molar-refractivity contribution in [3.8, 4) is 0 Å². The highest BCUT2D eigenvalue weighted by molar-refractivity contribution is 5.69. The predicted octanol–water partition coefficient (Wildman–Crippen LogP) is 1.36. The summed E-state index contributed by atoms with van der Waals surface area (Å²) in [4.78, 5) is 12.6. The zero-order valence-corrected chi connectivity index (χ0v) is 8.07. The Morgan fingerprint density at radius 2 is 2.33 bits per heavy atom. The molecule has 1 saturated heterocycles. The van der Waals surface area contributed by atoms with E-state index in [1.54, 1.807) is 0 Å². The molecule has 1 aliphatic heterocycles. The lowest BCUT2D eigenvalue weighted by atomic mass is 10.1. The van der Waals surface area contributed by atoms with Gasteiger partial charge in [-0.15, -0.1) is 0 Å². The average molecular weight is 210 g/mol. The quantitative estimate of drug-likeness (QED) is 0.750. The Morgan fingerprint density at radius 1 is 1.53 bits per heavy atom. The Bertz CT molecular complexity index is 395. The van der Waals surface area contributed by atoms with Crippen molar-refractivity contribution in [2.24, 2.45) is 0 Å². The summed E-state index contributed by atoms with van der Waals surface area (Å²) in [6.07, 6.45) is -0.376. The molecule has 1 heterocycles. The summed E-state index contributed by atoms with van der Waals surface area (Å²) in [6.45, 7) is 1.20. The lowest BCUT2D eigenvalue weighted by Gasteiger charge is -2.13. The first-order valence-electron chi connectivity index (χ1n) is 4.62. The second-order valence-electron chi connectivity index (χ2n) is 3.38. The molecule has 0 radical (unpaired) electrons. The number of carbonyl (C=O) groups excluding carboxylic acids is 1. The fraction of sp³-hybridized carbons (Fsp3) is 0.300. The summed E-state index contributed by atoms with van der Waals surface area (Å²) in [7, 11) is 0. The number of carbonyl (C=O) groups is 1. The molecule has 2 rings (SSSR count). The maximum absolute atomic E-state index is 12.9. The number of ether oxygens (including phenoxy) is 1. The van der Waals surface area contributed by atoms with Gasteiger partial charge in [0.25, 0.3) is 0 Å². The van der Waals surface area contributed by atoms with Gasteiger partial charge in [-0.1, -0.05) is 0 Å². The first kappa shape index (κ1) is 9.76. The largest absolute Gasteiger partial charge is 0.448 e. The fourth-order valence-electron chi connectivity index (χ4n) is 1.49. The molecule has 15 heavy (non-hydrogen) atoms. The summed E-state index contributed by atoms with van der Waals surface area (Å²) in [6, 6.07) is 4.12. The minimum absolute atomic E-state index is 0.294. The molecule has 1 fully saturated rings. The van der Waals surface area contributed by atoms with Crippen molar-refractivity contribution in [1.82, 2.24) is 4.90 Å². The lowest BCUT2D eigenvalue weighted by Crippen LogP contribution is -2.24. The van der Waals surface area contributed by atoms with Crippen molar-refractivity contribution in [2.75, 3.05) is 18.9 Å². The second-order valence-corrected chi connectivity index (χ2v) is 3.38. The summed E-state index contributed by atoms with van der Waals surface area (Å²) in [5.74, 6) is -0.355. The van der Waals surface area contributed by atoms with Crippen LogP contribution < -0.4 is 5.73 Å². The van der Waals surface area contributed by atoms with Gasteiger partial charge in [0.2, 0.25) is 0 Å². The summed E-state index contributed by atoms with van der Waals surface area (Å²) < 4.78 is 17.7. The molecule has 80 valence electrons. The SMILES string of the molecule is Nc1ccc(F)cc1CN1CCOC1=O. The maximum atomic E-state index is 12.9. The molecule has 1 amide bonds. The molecular formula is C10H11FN2O2. The number of hydrogen-bond donors (Lipinski definition) is 1. The molecule has 0 bridgehead atoms. The zero-order chi connectivity index (χ0) is 10.8. The van der Waals surface area contributed by atoms with Gasteiger partial charge >= 0.3 is 6.09 Å². The number of nitrogens with zero attached hydrogens (tertiary/aromatic N) is 1. The van der Waals surface area contributed by atoms with Gasteiger partial charge in [0.15, 0.2) is 0 Å². The van der Waals surface area contributed by atoms with Crippen LogP contribution in [0.15, 0.2) is 18.2 Å². The van der Waals surface area contributed by atoms with E-state index in [-0.39, 0.29) is 11.9 Å². The fourth-order valence-corrected chi connectivity index (χ4v) is 1.49. The summed E-state index contributed by atoms with van der Waals surface area (Å²) in [5.41, 5.74) is 6.76. The number of nitrogens with two attached hydrogens (primary N) is 1. The Kier molecular flexibility index (Phi) is 2.45. The van der Waals surface area contributed by atoms with Crippen molar-refractivity contribution in [3.05, 3.63) is 29.6 Å². The highest BCUT2D eigenvalue weighted by atomic mass is 19.1. The Hall–Kier alpha value is -1.78. The Labute approximate surface area is 86.4 Å². The van der Waals surface area contributed by atoms with Crippen LogP contribution in [-0.4, -0.2) is 24.1 Å². The van der Waals surface area contributed by atoms with Gasteiger partial charge in [-0.05, 0) is 23.8 Å². The topological polar surface area (TPSA) is 55.6 Å². The van der Waals surface area contributed by atoms with E-state index in [4.69, 9.17) is 10.5 Å². The highest BCUT2D eigenvalue weighted by Crippen LogP contribution is 2.17. The Morgan fingerprint density at radius 3 is 3.00 bits per heavy atom. The molecule has 1 aromatic carbocycles. The number of benzene rings is 1. The Balaban J connectivity index is 2.16. The third-order valence-corrected chi connectivity index (χ3v) is 2.31. The molecule has 0 aliphatic carbocycles. The van der Waals surface area contributed by atoms with E-state index in [1.807, 2.05) is 0 Å². The van der Waals surface area contributed by atoms with E-state index >= 15 is 0 Å². The summed E-state index contributed by atoms with van der Waals surface area (Å²) >= 11 is 0. The van der Waals surface area contributed by atoms with Gasteiger partial charge in [-0.2, -0.15) is 0 Å². The second kappa shape index (κ2) is 3.76. The van der Waals surface area contributed by atoms with Crippen LogP contribution >= 0.6 is 0 Å². The van der Waals surface area contributed by atoms with Crippen LogP contribution in [0.25, 0.3) is 0 Å². The van der Waals surface area contributed by atoms with Crippen LogP contribution in [0.4, 0.5) is 14.9 Å². The van der Waals surface area contributed by atoms with Crippen LogP contribution in [0.1, 0.15) is 5.56 Å². The number of halogens is 1. The van der Waals surface area contributed by atoms with Gasteiger partial charge in [0.05, 0.1) is 13.1 Å². The molecule has 0 unspecified atom stereocenters. The van der Waals surface area contributed by atoms with E-state index in [9.17, 15) is 9.18 Å². The average Bonchev–Trinajstić information content (AvgIpc) is 2.58. The van der Waals surface area contributed by atoms with Crippen LogP contribution in [-0.2, 0) is 11.3 Å². The number of cyclic esters (lactones) is 1. The number of nitrogen functional groups attached to an aromatic ring is 1. The van der Waals surface area contributed by atoms with E-state index in [2.05, 4.69) is 0 Å². The van der Waals surface area contributed by atoms with Gasteiger partial charge in [-0.3, -0.25) is 0 Å². The number of anilines is 1. The van der Waals surface area contributed by atoms with Crippen molar-refractivity contribution in [3.63, 3.8) is 0 Å². The normalized spacial score (nSPS) is 15.5. The van der Waals surface area contributed by atoms with E-state index in [1.165, 1.54) is 23.1 Å². The third-order valence-electron chi connectivity index (χ3n) is 2.31. The van der Waals surface area contributed by atoms with Gasteiger partial charge in [0.1, 0.15) is 12.4 Å². The molecular weight excluding hydrogens is 199 g/mol. The third kappa shape index (κ3) is 2.01. The minimum Gasteiger partial charge on any atom is -0.448 e. The van der Waals surface area contributed by atoms with Crippen molar-refractivity contribution in [1.29, 1.82) is 0 Å². The molecule has 0 atom stereocenters. The van der Waals surface area contributed by atoms with Crippen molar-refractivity contribution >= 4 is 11.8 Å². The smallest absolute Gasteiger partial charge is 0.410 e. The van der Waals surface area contributed by atoms with Crippen molar-refractivity contribution in [2.45, 2.75) is 6.54 Å². The first-order chi connectivity index (χ1) is 7.16. The molecule has 0 spiro atoms. The maximum Gasteiger partial charge on any atom is 0.410 e. The summed E-state index contributed by atoms with van der Waals surface area (Å²) in [5, 5.41) is 0. The first-order valence-corrected chi connectivity index (χ1v) is 4.62. The molecule has 5 heteroatoms. The number of hydrogen-bond acceptors (Lipinski definition) is 3. The number of amides is 1. The van der Waals surface area contributed by atoms with Gasteiger partial charge < -0.3 is 15.4 Å². The van der Waals surface area contributed by atoms with Crippen LogP contribution in [0.5, 0.6) is 0 Å². The van der Waals surface area contributed by atoms with Crippen LogP contribution in [0, 0.1) is 5.82 Å². The minimum atomic E-state index is -0.376. The molecule has 1 aliphatic rings. The molecule has 0 saturated carbocycles. The molecule has 1 aromatic rings. The van der Waals surface area contributed by atoms with E-state index in [0.29, 0.717) is 30.9 Å². The molecule has 0 aromatic heterocycles. The zero-order valence-electron chi connectivity index (χ0n) is 8.07. The monoisotopic (exact) mass is 210 g/mol. The van der Waals surface area contributed by atoms with Crippen LogP contribution in [0.2, 0.25) is 0 Å². The van der Waals surface area contributed by atoms with Gasteiger partial charge in [0, 0.05) is 5.69 Å². The van der Waals surface area contributed by atoms with Crippen LogP contribution in [0.3, 0.4) is 0 Å². The number of rotatable bonds is 2. The van der Waals surface area contributed by atoms with Gasteiger partial charge in [-0.25, -0.2) is 9.18 Å². The lowest BCUT2D eigenvalue weighted by molar-refractivity contribution is 0.157. The van der Waals surface area contributed by atoms with E-state index < -0.39 is 0 Å².